The smallest absolute Gasteiger partial charge is 0.351 e. The summed E-state index contributed by atoms with van der Waals surface area (Å²) in [4.78, 5) is 12.2. The minimum Gasteiger partial charge on any atom is -0.351 e. The first-order valence-electron chi connectivity index (χ1n) is 12.0. The number of alkyl halides is 3. The van der Waals surface area contributed by atoms with Crippen LogP contribution in [-0.4, -0.2) is 70.7 Å². The fourth-order valence-corrected chi connectivity index (χ4v) is 5.47. The highest BCUT2D eigenvalue weighted by atomic mass is 32.2. The van der Waals surface area contributed by atoms with Gasteiger partial charge < -0.3 is 15.2 Å². The van der Waals surface area contributed by atoms with E-state index in [0.29, 0.717) is 43.1 Å². The third-order valence-corrected chi connectivity index (χ3v) is 8.15. The predicted molar refractivity (Wildman–Crippen MR) is 133 cm³/mol. The maximum absolute atomic E-state index is 13.8. The summed E-state index contributed by atoms with van der Waals surface area (Å²) in [5.41, 5.74) is 0.468. The van der Waals surface area contributed by atoms with Gasteiger partial charge in [-0.1, -0.05) is 6.07 Å². The molecule has 0 unspecified atom stereocenters. The lowest BCUT2D eigenvalue weighted by Crippen LogP contribution is -2.42. The molecule has 0 bridgehead atoms. The van der Waals surface area contributed by atoms with Gasteiger partial charge in [0.25, 0.3) is 0 Å². The molecule has 3 aromatic rings. The zero-order valence-electron chi connectivity index (χ0n) is 20.4. The van der Waals surface area contributed by atoms with Gasteiger partial charge in [0, 0.05) is 50.5 Å². The van der Waals surface area contributed by atoms with Gasteiger partial charge in [0.15, 0.2) is 0 Å². The molecule has 2 aromatic heterocycles. The van der Waals surface area contributed by atoms with Crippen LogP contribution in [0, 0.1) is 11.3 Å². The second-order valence-corrected chi connectivity index (χ2v) is 11.4. The van der Waals surface area contributed by atoms with Gasteiger partial charge in [-0.15, -0.1) is 0 Å². The summed E-state index contributed by atoms with van der Waals surface area (Å²) in [6.45, 7) is 2.26. The van der Waals surface area contributed by atoms with Crippen LogP contribution in [0.2, 0.25) is 0 Å². The monoisotopic (exact) mass is 546 g/mol. The Morgan fingerprint density at radius 1 is 1.18 bits per heavy atom. The Morgan fingerprint density at radius 3 is 2.53 bits per heavy atom. The van der Waals surface area contributed by atoms with Gasteiger partial charge >= 0.3 is 6.18 Å². The van der Waals surface area contributed by atoms with E-state index in [4.69, 9.17) is 0 Å². The van der Waals surface area contributed by atoms with E-state index in [-0.39, 0.29) is 17.7 Å². The highest BCUT2D eigenvalue weighted by molar-refractivity contribution is 7.88. The zero-order valence-corrected chi connectivity index (χ0v) is 21.2. The molecular weight excluding hydrogens is 521 g/mol. The summed E-state index contributed by atoms with van der Waals surface area (Å²) in [7, 11) is -3.30. The SMILES string of the molecule is CS(=O)(=O)N1CCC(Nc2ncc(C(F)(F)F)c(-c3cn(-c4ccc(C5CNC5)cc4C#N)cn3)n2)CC1. The van der Waals surface area contributed by atoms with E-state index < -0.39 is 27.5 Å². The molecule has 4 heterocycles. The molecule has 0 aliphatic carbocycles. The van der Waals surface area contributed by atoms with Crippen molar-refractivity contribution in [1.82, 2.24) is 29.1 Å². The van der Waals surface area contributed by atoms with Crippen LogP contribution in [-0.2, 0) is 16.2 Å². The lowest BCUT2D eigenvalue weighted by molar-refractivity contribution is -0.137. The van der Waals surface area contributed by atoms with Crippen LogP contribution in [0.25, 0.3) is 17.1 Å². The number of halogens is 3. The Kier molecular flexibility index (Phi) is 6.84. The van der Waals surface area contributed by atoms with Gasteiger partial charge in [-0.25, -0.2) is 27.7 Å². The molecular formula is C24H25F3N8O2S. The summed E-state index contributed by atoms with van der Waals surface area (Å²) < 4.78 is 67.9. The number of benzene rings is 1. The van der Waals surface area contributed by atoms with Gasteiger partial charge in [0.05, 0.1) is 17.5 Å². The van der Waals surface area contributed by atoms with Gasteiger partial charge in [-0.05, 0) is 30.5 Å². The molecule has 2 fully saturated rings. The summed E-state index contributed by atoms with van der Waals surface area (Å²) in [6, 6.07) is 7.43. The topological polar surface area (TPSA) is 129 Å². The number of sulfonamides is 1. The average molecular weight is 547 g/mol. The minimum absolute atomic E-state index is 0.00321. The van der Waals surface area contributed by atoms with Crippen LogP contribution >= 0.6 is 0 Å². The summed E-state index contributed by atoms with van der Waals surface area (Å²) in [5, 5.41) is 15.9. The number of hydrogen-bond acceptors (Lipinski definition) is 8. The quantitative estimate of drug-likeness (QED) is 0.483. The van der Waals surface area contributed by atoms with E-state index in [2.05, 4.69) is 31.7 Å². The number of nitrogens with zero attached hydrogens (tertiary/aromatic N) is 6. The Bertz CT molecular complexity index is 1490. The molecule has 1 aromatic carbocycles. The second-order valence-electron chi connectivity index (χ2n) is 9.44. The highest BCUT2D eigenvalue weighted by Crippen LogP contribution is 2.36. The van der Waals surface area contributed by atoms with E-state index in [0.717, 1.165) is 31.1 Å². The molecule has 0 atom stereocenters. The van der Waals surface area contributed by atoms with Crippen LogP contribution in [0.1, 0.15) is 35.4 Å². The number of rotatable bonds is 6. The Balaban J connectivity index is 1.42. The summed E-state index contributed by atoms with van der Waals surface area (Å²) in [5.74, 6) is 0.325. The first kappa shape index (κ1) is 26.1. The molecule has 2 N–H and O–H groups in total. The maximum atomic E-state index is 13.8. The van der Waals surface area contributed by atoms with Crippen molar-refractivity contribution < 1.29 is 21.6 Å². The summed E-state index contributed by atoms with van der Waals surface area (Å²) in [6.07, 6.45) is 0.840. The molecule has 0 radical (unpaired) electrons. The van der Waals surface area contributed by atoms with Crippen molar-refractivity contribution in [3.63, 3.8) is 0 Å². The second kappa shape index (κ2) is 9.97. The van der Waals surface area contributed by atoms with Gasteiger partial charge in [0.2, 0.25) is 16.0 Å². The molecule has 10 nitrogen and oxygen atoms in total. The standard InChI is InChI=1S/C24H25F3N8O2S/c1-38(36,37)35-6-4-18(5-7-35)32-23-30-12-19(24(25,26)27)22(33-23)20-13-34(14-31-20)21-3-2-15(8-16(21)9-28)17-10-29-11-17/h2-3,8,12-14,17-18,29H,4-7,10-11H2,1H3,(H,30,32,33). The lowest BCUT2D eigenvalue weighted by atomic mass is 9.92. The van der Waals surface area contributed by atoms with Crippen molar-refractivity contribution in [2.45, 2.75) is 31.0 Å². The average Bonchev–Trinajstić information content (AvgIpc) is 3.32. The highest BCUT2D eigenvalue weighted by Gasteiger charge is 2.36. The van der Waals surface area contributed by atoms with Crippen LogP contribution < -0.4 is 10.6 Å². The molecule has 5 rings (SSSR count). The number of aromatic nitrogens is 4. The van der Waals surface area contributed by atoms with E-state index in [1.54, 1.807) is 12.1 Å². The Labute approximate surface area is 217 Å². The largest absolute Gasteiger partial charge is 0.420 e. The first-order valence-corrected chi connectivity index (χ1v) is 13.8. The molecule has 2 saturated heterocycles. The number of anilines is 1. The number of piperidine rings is 1. The number of nitriles is 1. The van der Waals surface area contributed by atoms with Gasteiger partial charge in [0.1, 0.15) is 29.3 Å². The normalized spacial score (nSPS) is 17.7. The molecule has 38 heavy (non-hydrogen) atoms. The fourth-order valence-electron chi connectivity index (χ4n) is 4.59. The lowest BCUT2D eigenvalue weighted by Gasteiger charge is -2.30. The molecule has 0 amide bonds. The van der Waals surface area contributed by atoms with E-state index in [9.17, 15) is 26.9 Å². The van der Waals surface area contributed by atoms with Crippen molar-refractivity contribution in [2.75, 3.05) is 37.8 Å². The van der Waals surface area contributed by atoms with E-state index >= 15 is 0 Å². The maximum Gasteiger partial charge on any atom is 0.420 e. The number of imidazole rings is 1. The zero-order chi connectivity index (χ0) is 27.1. The molecule has 200 valence electrons. The fraction of sp³-hybridized carbons (Fsp3) is 0.417. The molecule has 0 spiro atoms. The van der Waals surface area contributed by atoms with Crippen LogP contribution in [0.4, 0.5) is 19.1 Å². The Hall–Kier alpha value is -3.54. The molecule has 0 saturated carbocycles. The van der Waals surface area contributed by atoms with Crippen LogP contribution in [0.15, 0.2) is 36.9 Å². The van der Waals surface area contributed by atoms with Crippen molar-refractivity contribution in [3.8, 4) is 23.1 Å². The third kappa shape index (κ3) is 5.35. The Morgan fingerprint density at radius 2 is 1.92 bits per heavy atom. The predicted octanol–water partition coefficient (Wildman–Crippen LogP) is 2.74. The summed E-state index contributed by atoms with van der Waals surface area (Å²) >= 11 is 0. The first-order chi connectivity index (χ1) is 18.0. The van der Waals surface area contributed by atoms with E-state index in [1.165, 1.54) is 21.4 Å². The van der Waals surface area contributed by atoms with Crippen molar-refractivity contribution >= 4 is 16.0 Å². The van der Waals surface area contributed by atoms with E-state index in [1.807, 2.05) is 6.07 Å². The minimum atomic E-state index is -4.71. The van der Waals surface area contributed by atoms with Crippen molar-refractivity contribution in [1.29, 1.82) is 5.26 Å². The molecule has 14 heteroatoms. The number of hydrogen-bond donors (Lipinski definition) is 2. The van der Waals surface area contributed by atoms with Crippen LogP contribution in [0.3, 0.4) is 0 Å². The third-order valence-electron chi connectivity index (χ3n) is 6.85. The van der Waals surface area contributed by atoms with Crippen LogP contribution in [0.5, 0.6) is 0 Å². The molecule has 2 aliphatic rings. The van der Waals surface area contributed by atoms with Gasteiger partial charge in [-0.2, -0.15) is 18.4 Å². The van der Waals surface area contributed by atoms with Crippen molar-refractivity contribution in [3.05, 3.63) is 53.6 Å². The van der Waals surface area contributed by atoms with Gasteiger partial charge in [-0.3, -0.25) is 0 Å². The molecule has 2 aliphatic heterocycles. The number of nitrogens with one attached hydrogen (secondary N) is 2. The van der Waals surface area contributed by atoms with Crippen molar-refractivity contribution in [2.24, 2.45) is 0 Å².